The van der Waals surface area contributed by atoms with Crippen LogP contribution in [0.15, 0.2) is 66.3 Å². The Labute approximate surface area is 257 Å². The Morgan fingerprint density at radius 2 is 1.91 bits per heavy atom. The Bertz CT molecular complexity index is 1850. The number of aromatic nitrogens is 3. The van der Waals surface area contributed by atoms with Crippen LogP contribution in [0.1, 0.15) is 23.9 Å². The summed E-state index contributed by atoms with van der Waals surface area (Å²) in [7, 11) is -3.07. The molecular weight excluding hydrogens is 616 g/mol. The van der Waals surface area contributed by atoms with Crippen LogP contribution in [0, 0.1) is 11.6 Å². The SMILES string of the molecule is CCCS(=O)(=O)CCNCc1nc(-c2cc3c(Nc4ccc(OCc5cccc(F)c5)c(Cl)c4)ncnc3cc2F)cs1. The van der Waals surface area contributed by atoms with Gasteiger partial charge in [0, 0.05) is 46.9 Å². The van der Waals surface area contributed by atoms with E-state index in [1.165, 1.54) is 35.9 Å². The fourth-order valence-corrected chi connectivity index (χ4v) is 6.63. The van der Waals surface area contributed by atoms with Crippen molar-refractivity contribution >= 4 is 55.2 Å². The summed E-state index contributed by atoms with van der Waals surface area (Å²) in [5.74, 6) is 0.292. The highest BCUT2D eigenvalue weighted by Gasteiger charge is 2.15. The minimum Gasteiger partial charge on any atom is -0.487 e. The molecule has 0 aliphatic heterocycles. The molecule has 2 N–H and O–H groups in total. The van der Waals surface area contributed by atoms with Crippen LogP contribution in [0.4, 0.5) is 20.3 Å². The van der Waals surface area contributed by atoms with Gasteiger partial charge in [-0.25, -0.2) is 32.2 Å². The molecule has 0 bridgehead atoms. The van der Waals surface area contributed by atoms with E-state index in [-0.39, 0.29) is 29.5 Å². The van der Waals surface area contributed by atoms with E-state index in [4.69, 9.17) is 16.3 Å². The lowest BCUT2D eigenvalue weighted by Gasteiger charge is -2.12. The number of thiazole rings is 1. The number of nitrogens with zero attached hydrogens (tertiary/aromatic N) is 3. The number of nitrogens with one attached hydrogen (secondary N) is 2. The fraction of sp³-hybridized carbons (Fsp3) is 0.233. The lowest BCUT2D eigenvalue weighted by Crippen LogP contribution is -2.24. The molecule has 8 nitrogen and oxygen atoms in total. The Hall–Kier alpha value is -3.71. The van der Waals surface area contributed by atoms with Crippen molar-refractivity contribution in [3.8, 4) is 17.0 Å². The summed E-state index contributed by atoms with van der Waals surface area (Å²) < 4.78 is 58.2. The van der Waals surface area contributed by atoms with E-state index in [1.54, 1.807) is 41.8 Å². The van der Waals surface area contributed by atoms with Crippen molar-refractivity contribution < 1.29 is 21.9 Å². The second-order valence-corrected chi connectivity index (χ2v) is 13.4. The minimum absolute atomic E-state index is 0.0596. The van der Waals surface area contributed by atoms with Crippen molar-refractivity contribution in [1.82, 2.24) is 20.3 Å². The van der Waals surface area contributed by atoms with E-state index < -0.39 is 15.7 Å². The van der Waals surface area contributed by atoms with E-state index >= 15 is 4.39 Å². The maximum Gasteiger partial charge on any atom is 0.151 e. The molecule has 0 aliphatic rings. The van der Waals surface area contributed by atoms with Crippen LogP contribution in [0.3, 0.4) is 0 Å². The molecule has 2 heterocycles. The average molecular weight is 644 g/mol. The van der Waals surface area contributed by atoms with Crippen LogP contribution >= 0.6 is 22.9 Å². The third-order valence-corrected chi connectivity index (χ3v) is 9.41. The smallest absolute Gasteiger partial charge is 0.151 e. The van der Waals surface area contributed by atoms with E-state index in [0.29, 0.717) is 69.0 Å². The van der Waals surface area contributed by atoms with Gasteiger partial charge in [-0.15, -0.1) is 11.3 Å². The number of ether oxygens (including phenoxy) is 1. The molecule has 224 valence electrons. The van der Waals surface area contributed by atoms with Crippen molar-refractivity contribution in [1.29, 1.82) is 0 Å². The molecule has 5 aromatic rings. The van der Waals surface area contributed by atoms with Crippen molar-refractivity contribution in [3.05, 3.63) is 93.5 Å². The highest BCUT2D eigenvalue weighted by molar-refractivity contribution is 7.91. The van der Waals surface area contributed by atoms with Crippen LogP contribution in [0.2, 0.25) is 5.02 Å². The molecule has 0 unspecified atom stereocenters. The molecule has 0 radical (unpaired) electrons. The highest BCUT2D eigenvalue weighted by atomic mass is 35.5. The fourth-order valence-electron chi connectivity index (χ4n) is 4.35. The Morgan fingerprint density at radius 3 is 2.70 bits per heavy atom. The molecule has 5 rings (SSSR count). The third-order valence-electron chi connectivity index (χ3n) is 6.41. The van der Waals surface area contributed by atoms with Gasteiger partial charge < -0.3 is 15.4 Å². The average Bonchev–Trinajstić information content (AvgIpc) is 3.43. The van der Waals surface area contributed by atoms with Crippen molar-refractivity contribution in [3.63, 3.8) is 0 Å². The summed E-state index contributed by atoms with van der Waals surface area (Å²) in [6.07, 6.45) is 1.93. The maximum atomic E-state index is 15.1. The van der Waals surface area contributed by atoms with E-state index in [2.05, 4.69) is 25.6 Å². The molecule has 0 spiro atoms. The number of anilines is 2. The molecule has 0 saturated carbocycles. The number of hydrogen-bond donors (Lipinski definition) is 2. The number of fused-ring (bicyclic) bond motifs is 1. The van der Waals surface area contributed by atoms with Crippen LogP contribution in [-0.2, 0) is 23.0 Å². The van der Waals surface area contributed by atoms with Gasteiger partial charge in [-0.05, 0) is 48.4 Å². The van der Waals surface area contributed by atoms with Crippen molar-refractivity contribution in [2.45, 2.75) is 26.5 Å². The first-order chi connectivity index (χ1) is 20.7. The summed E-state index contributed by atoms with van der Waals surface area (Å²) in [6, 6.07) is 14.3. The number of sulfone groups is 1. The molecule has 0 atom stereocenters. The Morgan fingerprint density at radius 1 is 1.05 bits per heavy atom. The van der Waals surface area contributed by atoms with E-state index in [0.717, 1.165) is 0 Å². The topological polar surface area (TPSA) is 106 Å². The summed E-state index contributed by atoms with van der Waals surface area (Å²) >= 11 is 7.82. The Balaban J connectivity index is 1.29. The summed E-state index contributed by atoms with van der Waals surface area (Å²) in [4.78, 5) is 13.1. The first-order valence-electron chi connectivity index (χ1n) is 13.4. The number of benzene rings is 3. The molecule has 3 aromatic carbocycles. The number of hydrogen-bond acceptors (Lipinski definition) is 9. The lowest BCUT2D eigenvalue weighted by atomic mass is 10.1. The van der Waals surface area contributed by atoms with Crippen LogP contribution in [0.5, 0.6) is 5.75 Å². The number of halogens is 3. The van der Waals surface area contributed by atoms with Gasteiger partial charge in [0.2, 0.25) is 0 Å². The van der Waals surface area contributed by atoms with Gasteiger partial charge in [-0.3, -0.25) is 0 Å². The maximum absolute atomic E-state index is 15.1. The van der Waals surface area contributed by atoms with Gasteiger partial charge in [0.1, 0.15) is 41.1 Å². The van der Waals surface area contributed by atoms with Gasteiger partial charge in [-0.2, -0.15) is 0 Å². The summed E-state index contributed by atoms with van der Waals surface area (Å²) in [5, 5.41) is 9.70. The zero-order valence-corrected chi connectivity index (χ0v) is 25.5. The largest absolute Gasteiger partial charge is 0.487 e. The minimum atomic E-state index is -3.07. The molecule has 0 amide bonds. The van der Waals surface area contributed by atoms with Gasteiger partial charge in [0.15, 0.2) is 9.84 Å². The first kappa shape index (κ1) is 30.7. The van der Waals surface area contributed by atoms with E-state index in [9.17, 15) is 12.8 Å². The Kier molecular flexibility index (Phi) is 9.81. The highest BCUT2D eigenvalue weighted by Crippen LogP contribution is 2.34. The van der Waals surface area contributed by atoms with Crippen LogP contribution < -0.4 is 15.4 Å². The lowest BCUT2D eigenvalue weighted by molar-refractivity contribution is 0.306. The zero-order valence-electron chi connectivity index (χ0n) is 23.1. The zero-order chi connectivity index (χ0) is 30.4. The predicted octanol–water partition coefficient (Wildman–Crippen LogP) is 6.92. The molecule has 2 aromatic heterocycles. The number of rotatable bonds is 13. The molecule has 0 fully saturated rings. The summed E-state index contributed by atoms with van der Waals surface area (Å²) in [6.45, 7) is 2.68. The standard InChI is InChI=1S/C30H28ClF2N5O3S2/c1-2-9-43(39,40)10-8-34-15-29-38-27(17-42-29)22-13-23-26(14-25(22)33)35-18-36-30(23)37-21-6-7-28(24(31)12-21)41-16-19-4-3-5-20(32)11-19/h3-7,11-14,17-18,34H,2,8-10,15-16H2,1H3,(H,35,36,37). The molecule has 43 heavy (non-hydrogen) atoms. The van der Waals surface area contributed by atoms with Crippen LogP contribution in [-0.4, -0.2) is 41.4 Å². The van der Waals surface area contributed by atoms with Crippen molar-refractivity contribution in [2.75, 3.05) is 23.4 Å². The van der Waals surface area contributed by atoms with Gasteiger partial charge in [0.05, 0.1) is 22.0 Å². The van der Waals surface area contributed by atoms with Gasteiger partial charge >= 0.3 is 0 Å². The van der Waals surface area contributed by atoms with E-state index in [1.807, 2.05) is 6.92 Å². The van der Waals surface area contributed by atoms with Crippen LogP contribution in [0.25, 0.3) is 22.2 Å². The molecular formula is C30H28ClF2N5O3S2. The van der Waals surface area contributed by atoms with Gasteiger partial charge in [0.25, 0.3) is 0 Å². The normalized spacial score (nSPS) is 11.6. The quantitative estimate of drug-likeness (QED) is 0.133. The van der Waals surface area contributed by atoms with Crippen molar-refractivity contribution in [2.24, 2.45) is 0 Å². The van der Waals surface area contributed by atoms with Gasteiger partial charge in [-0.1, -0.05) is 30.7 Å². The first-order valence-corrected chi connectivity index (χ1v) is 16.5. The third kappa shape index (κ3) is 8.02. The summed E-state index contributed by atoms with van der Waals surface area (Å²) in [5.41, 5.74) is 2.45. The molecule has 0 aliphatic carbocycles. The second-order valence-electron chi connectivity index (χ2n) is 9.72. The molecule has 0 saturated heterocycles. The monoisotopic (exact) mass is 643 g/mol. The molecule has 13 heteroatoms. The second kappa shape index (κ2) is 13.7. The predicted molar refractivity (Wildman–Crippen MR) is 167 cm³/mol.